The van der Waals surface area contributed by atoms with Gasteiger partial charge in [-0.1, -0.05) is 18.2 Å². The molecule has 0 aliphatic carbocycles. The van der Waals surface area contributed by atoms with Crippen molar-refractivity contribution in [2.45, 2.75) is 26.3 Å². The number of hydrogen-bond donors (Lipinski definition) is 0. The van der Waals surface area contributed by atoms with E-state index in [1.165, 1.54) is 12.7 Å². The predicted octanol–water partition coefficient (Wildman–Crippen LogP) is 2.41. The van der Waals surface area contributed by atoms with Gasteiger partial charge in [-0.2, -0.15) is 5.26 Å². The summed E-state index contributed by atoms with van der Waals surface area (Å²) < 4.78 is 4.66. The first-order valence-electron chi connectivity index (χ1n) is 6.16. The number of nitrogens with zero attached hydrogens (tertiary/aromatic N) is 2. The van der Waals surface area contributed by atoms with Crippen LogP contribution in [0.3, 0.4) is 0 Å². The first-order chi connectivity index (χ1) is 9.10. The summed E-state index contributed by atoms with van der Waals surface area (Å²) in [5, 5.41) is 9.16. The standard InChI is InChI=1S/C15H16N2O2/c1-10-8-12-6-4-5-7-14(12)17(10)11(2)13(9-16)15(18)19-3/h4-7,10H,8H2,1-3H3. The Bertz CT molecular complexity index is 584. The summed E-state index contributed by atoms with van der Waals surface area (Å²) in [6.07, 6.45) is 0.910. The van der Waals surface area contributed by atoms with Crippen molar-refractivity contribution in [1.82, 2.24) is 0 Å². The maximum atomic E-state index is 11.6. The zero-order valence-corrected chi connectivity index (χ0v) is 11.3. The fraction of sp³-hybridized carbons (Fsp3) is 0.333. The molecule has 0 aromatic heterocycles. The lowest BCUT2D eigenvalue weighted by molar-refractivity contribution is -0.135. The number of rotatable bonds is 2. The van der Waals surface area contributed by atoms with Crippen molar-refractivity contribution in [1.29, 1.82) is 5.26 Å². The molecule has 1 aliphatic heterocycles. The van der Waals surface area contributed by atoms with Crippen molar-refractivity contribution in [3.63, 3.8) is 0 Å². The number of anilines is 1. The van der Waals surface area contributed by atoms with Crippen molar-refractivity contribution in [3.8, 4) is 6.07 Å². The summed E-state index contributed by atoms with van der Waals surface area (Å²) in [4.78, 5) is 13.7. The number of nitriles is 1. The minimum Gasteiger partial charge on any atom is -0.465 e. The molecule has 1 unspecified atom stereocenters. The third kappa shape index (κ3) is 2.19. The highest BCUT2D eigenvalue weighted by molar-refractivity contribution is 5.94. The Morgan fingerprint density at radius 3 is 2.79 bits per heavy atom. The molecule has 2 rings (SSSR count). The number of para-hydroxylation sites is 1. The lowest BCUT2D eigenvalue weighted by Crippen LogP contribution is -2.29. The highest BCUT2D eigenvalue weighted by Gasteiger charge is 2.29. The van der Waals surface area contributed by atoms with E-state index >= 15 is 0 Å². The normalized spacial score (nSPS) is 18.4. The number of benzene rings is 1. The first-order valence-corrected chi connectivity index (χ1v) is 6.16. The molecule has 1 atom stereocenters. The molecule has 0 radical (unpaired) electrons. The van der Waals surface area contributed by atoms with Crippen LogP contribution in [0, 0.1) is 11.3 Å². The topological polar surface area (TPSA) is 53.3 Å². The maximum Gasteiger partial charge on any atom is 0.350 e. The smallest absolute Gasteiger partial charge is 0.350 e. The third-order valence-corrected chi connectivity index (χ3v) is 3.43. The molecule has 1 heterocycles. The molecule has 19 heavy (non-hydrogen) atoms. The summed E-state index contributed by atoms with van der Waals surface area (Å²) in [7, 11) is 1.29. The number of carbonyl (C=O) groups excluding carboxylic acids is 1. The summed E-state index contributed by atoms with van der Waals surface area (Å²) in [6.45, 7) is 3.86. The third-order valence-electron chi connectivity index (χ3n) is 3.43. The molecular weight excluding hydrogens is 240 g/mol. The Labute approximate surface area is 112 Å². The molecule has 0 saturated heterocycles. The van der Waals surface area contributed by atoms with Gasteiger partial charge in [-0.15, -0.1) is 0 Å². The van der Waals surface area contributed by atoms with Crippen molar-refractivity contribution in [3.05, 3.63) is 41.1 Å². The number of esters is 1. The fourth-order valence-corrected chi connectivity index (χ4v) is 2.57. The summed E-state index contributed by atoms with van der Waals surface area (Å²) in [5.74, 6) is -0.586. The van der Waals surface area contributed by atoms with Crippen LogP contribution in [0.5, 0.6) is 0 Å². The molecule has 1 aliphatic rings. The molecule has 98 valence electrons. The van der Waals surface area contributed by atoms with Crippen LogP contribution in [0.15, 0.2) is 35.5 Å². The summed E-state index contributed by atoms with van der Waals surface area (Å²) in [5.41, 5.74) is 3.00. The second-order valence-corrected chi connectivity index (χ2v) is 4.62. The van der Waals surface area contributed by atoms with Gasteiger partial charge in [0.15, 0.2) is 5.57 Å². The number of fused-ring (bicyclic) bond motifs is 1. The molecule has 0 N–H and O–H groups in total. The molecule has 4 nitrogen and oxygen atoms in total. The Balaban J connectivity index is 2.50. The zero-order valence-electron chi connectivity index (χ0n) is 11.3. The zero-order chi connectivity index (χ0) is 14.0. The second-order valence-electron chi connectivity index (χ2n) is 4.62. The predicted molar refractivity (Wildman–Crippen MR) is 72.4 cm³/mol. The Morgan fingerprint density at radius 2 is 2.16 bits per heavy atom. The fourth-order valence-electron chi connectivity index (χ4n) is 2.57. The van der Waals surface area contributed by atoms with Gasteiger partial charge in [-0.25, -0.2) is 4.79 Å². The lowest BCUT2D eigenvalue weighted by atomic mass is 10.1. The van der Waals surface area contributed by atoms with Crippen LogP contribution in [0.2, 0.25) is 0 Å². The van der Waals surface area contributed by atoms with Gasteiger partial charge in [0.05, 0.1) is 7.11 Å². The number of allylic oxidation sites excluding steroid dienone is 1. The minimum absolute atomic E-state index is 0.0612. The highest BCUT2D eigenvalue weighted by atomic mass is 16.5. The van der Waals surface area contributed by atoms with Crippen molar-refractivity contribution in [2.75, 3.05) is 12.0 Å². The van der Waals surface area contributed by atoms with Gasteiger partial charge in [-0.05, 0) is 31.9 Å². The SMILES string of the molecule is COC(=O)C(C#N)=C(C)N1c2ccccc2CC1C. The number of ether oxygens (including phenoxy) is 1. The van der Waals surface area contributed by atoms with E-state index in [1.54, 1.807) is 6.92 Å². The Kier molecular flexibility index (Phi) is 3.57. The van der Waals surface area contributed by atoms with E-state index in [2.05, 4.69) is 17.7 Å². The maximum absolute atomic E-state index is 11.6. The molecular formula is C15H16N2O2. The van der Waals surface area contributed by atoms with E-state index in [-0.39, 0.29) is 11.6 Å². The van der Waals surface area contributed by atoms with E-state index in [9.17, 15) is 4.79 Å². The summed E-state index contributed by atoms with van der Waals surface area (Å²) in [6, 6.07) is 10.2. The number of carbonyl (C=O) groups is 1. The largest absolute Gasteiger partial charge is 0.465 e. The molecule has 0 saturated carbocycles. The highest BCUT2D eigenvalue weighted by Crippen LogP contribution is 2.35. The van der Waals surface area contributed by atoms with E-state index in [0.717, 1.165) is 12.1 Å². The van der Waals surface area contributed by atoms with Crippen LogP contribution < -0.4 is 4.90 Å². The van der Waals surface area contributed by atoms with Gasteiger partial charge in [0, 0.05) is 17.4 Å². The van der Waals surface area contributed by atoms with Gasteiger partial charge in [0.2, 0.25) is 0 Å². The van der Waals surface area contributed by atoms with Gasteiger partial charge in [-0.3, -0.25) is 0 Å². The Hall–Kier alpha value is -2.28. The van der Waals surface area contributed by atoms with E-state index in [1.807, 2.05) is 29.2 Å². The minimum atomic E-state index is -0.586. The van der Waals surface area contributed by atoms with Gasteiger partial charge >= 0.3 is 5.97 Å². The van der Waals surface area contributed by atoms with Crippen molar-refractivity contribution < 1.29 is 9.53 Å². The molecule has 0 bridgehead atoms. The molecule has 0 amide bonds. The van der Waals surface area contributed by atoms with E-state index in [4.69, 9.17) is 5.26 Å². The average molecular weight is 256 g/mol. The number of methoxy groups -OCH3 is 1. The Morgan fingerprint density at radius 1 is 1.47 bits per heavy atom. The van der Waals surface area contributed by atoms with E-state index in [0.29, 0.717) is 5.70 Å². The van der Waals surface area contributed by atoms with Gasteiger partial charge < -0.3 is 9.64 Å². The first kappa shape index (κ1) is 13.2. The second kappa shape index (κ2) is 5.15. The number of hydrogen-bond acceptors (Lipinski definition) is 4. The molecule has 4 heteroatoms. The van der Waals surface area contributed by atoms with Crippen LogP contribution >= 0.6 is 0 Å². The van der Waals surface area contributed by atoms with Gasteiger partial charge in [0.25, 0.3) is 0 Å². The molecule has 0 fully saturated rings. The van der Waals surface area contributed by atoms with Crippen LogP contribution in [0.4, 0.5) is 5.69 Å². The van der Waals surface area contributed by atoms with E-state index < -0.39 is 5.97 Å². The van der Waals surface area contributed by atoms with Crippen LogP contribution in [0.1, 0.15) is 19.4 Å². The molecule has 0 spiro atoms. The van der Waals surface area contributed by atoms with Crippen molar-refractivity contribution >= 4 is 11.7 Å². The average Bonchev–Trinajstić information content (AvgIpc) is 2.74. The lowest BCUT2D eigenvalue weighted by Gasteiger charge is -2.26. The monoisotopic (exact) mass is 256 g/mol. The van der Waals surface area contributed by atoms with Crippen LogP contribution in [-0.4, -0.2) is 19.1 Å². The molecule has 1 aromatic rings. The quantitative estimate of drug-likeness (QED) is 0.463. The molecule has 1 aromatic carbocycles. The van der Waals surface area contributed by atoms with Crippen molar-refractivity contribution in [2.24, 2.45) is 0 Å². The van der Waals surface area contributed by atoms with Gasteiger partial charge in [0.1, 0.15) is 6.07 Å². The summed E-state index contributed by atoms with van der Waals surface area (Å²) >= 11 is 0. The van der Waals surface area contributed by atoms with Crippen LogP contribution in [0.25, 0.3) is 0 Å². The van der Waals surface area contributed by atoms with Crippen LogP contribution in [-0.2, 0) is 16.0 Å².